The SMILES string of the molecule is O=S1CCc2nc(N3CCC(C4=CC=CCC4)CC3)nc(NC3(CO)CC3)c21. The third-order valence-electron chi connectivity index (χ3n) is 6.56. The summed E-state index contributed by atoms with van der Waals surface area (Å²) in [5.41, 5.74) is 2.23. The minimum Gasteiger partial charge on any atom is -0.394 e. The molecule has 1 unspecified atom stereocenters. The Morgan fingerprint density at radius 2 is 2.07 bits per heavy atom. The Hall–Kier alpha value is -1.73. The van der Waals surface area contributed by atoms with Gasteiger partial charge >= 0.3 is 0 Å². The standard InChI is InChI=1S/C21H28N4O2S/c26-14-21(9-10-21)24-19-18-17(8-13-28(18)27)22-20(23-19)25-11-6-16(7-12-25)15-4-2-1-3-5-15/h1-2,4,16,26H,3,5-14H2,(H,22,23,24). The molecule has 0 aromatic carbocycles. The molecular weight excluding hydrogens is 372 g/mol. The number of allylic oxidation sites excluding steroid dienone is 4. The number of piperidine rings is 1. The number of anilines is 2. The predicted octanol–water partition coefficient (Wildman–Crippen LogP) is 2.57. The quantitative estimate of drug-likeness (QED) is 0.791. The van der Waals surface area contributed by atoms with E-state index in [9.17, 15) is 9.32 Å². The Morgan fingerprint density at radius 3 is 2.75 bits per heavy atom. The third kappa shape index (κ3) is 3.39. The van der Waals surface area contributed by atoms with Gasteiger partial charge in [-0.05, 0) is 44.4 Å². The maximum absolute atomic E-state index is 12.5. The lowest BCUT2D eigenvalue weighted by molar-refractivity contribution is 0.265. The molecule has 7 heteroatoms. The molecule has 0 amide bonds. The first-order chi connectivity index (χ1) is 13.7. The lowest BCUT2D eigenvalue weighted by Crippen LogP contribution is -2.36. The smallest absolute Gasteiger partial charge is 0.227 e. The number of hydrogen-bond donors (Lipinski definition) is 2. The maximum atomic E-state index is 12.5. The minimum absolute atomic E-state index is 0.0860. The van der Waals surface area contributed by atoms with Gasteiger partial charge in [0.25, 0.3) is 0 Å². The molecule has 1 saturated carbocycles. The first-order valence-electron chi connectivity index (χ1n) is 10.5. The van der Waals surface area contributed by atoms with Crippen LogP contribution in [0.4, 0.5) is 11.8 Å². The fraction of sp³-hybridized carbons (Fsp3) is 0.619. The van der Waals surface area contributed by atoms with Gasteiger partial charge in [0.1, 0.15) is 10.7 Å². The van der Waals surface area contributed by atoms with Gasteiger partial charge in [-0.3, -0.25) is 4.21 Å². The molecule has 6 nitrogen and oxygen atoms in total. The molecule has 2 aliphatic carbocycles. The van der Waals surface area contributed by atoms with E-state index >= 15 is 0 Å². The van der Waals surface area contributed by atoms with E-state index in [-0.39, 0.29) is 12.1 Å². The molecule has 150 valence electrons. The summed E-state index contributed by atoms with van der Waals surface area (Å²) in [6, 6.07) is 0. The van der Waals surface area contributed by atoms with E-state index in [1.807, 2.05) is 0 Å². The number of aromatic nitrogens is 2. The normalized spacial score (nSPS) is 26.1. The van der Waals surface area contributed by atoms with Gasteiger partial charge in [0, 0.05) is 25.3 Å². The number of fused-ring (bicyclic) bond motifs is 1. The molecule has 3 heterocycles. The molecule has 0 spiro atoms. The van der Waals surface area contributed by atoms with E-state index in [1.165, 1.54) is 12.8 Å². The molecule has 2 N–H and O–H groups in total. The van der Waals surface area contributed by atoms with Crippen molar-refractivity contribution in [1.82, 2.24) is 9.97 Å². The zero-order valence-corrected chi connectivity index (χ0v) is 17.0. The van der Waals surface area contributed by atoms with Crippen LogP contribution >= 0.6 is 0 Å². The Balaban J connectivity index is 1.36. The Labute approximate surface area is 168 Å². The highest BCUT2D eigenvalue weighted by molar-refractivity contribution is 7.85. The van der Waals surface area contributed by atoms with Gasteiger partial charge in [0.2, 0.25) is 5.95 Å². The number of nitrogens with zero attached hydrogens (tertiary/aromatic N) is 3. The van der Waals surface area contributed by atoms with Crippen LogP contribution in [0.2, 0.25) is 0 Å². The summed E-state index contributed by atoms with van der Waals surface area (Å²) in [6.45, 7) is 2.00. The van der Waals surface area contributed by atoms with Crippen LogP contribution in [0.1, 0.15) is 44.2 Å². The van der Waals surface area contributed by atoms with E-state index < -0.39 is 10.8 Å². The minimum atomic E-state index is -1.04. The van der Waals surface area contributed by atoms with Crippen LogP contribution in [-0.4, -0.2) is 50.3 Å². The molecule has 4 aliphatic rings. The molecule has 1 aromatic heterocycles. The van der Waals surface area contributed by atoms with Gasteiger partial charge in [-0.15, -0.1) is 0 Å². The number of rotatable bonds is 5. The highest BCUT2D eigenvalue weighted by atomic mass is 32.2. The molecule has 1 atom stereocenters. The van der Waals surface area contributed by atoms with Gasteiger partial charge < -0.3 is 15.3 Å². The lowest BCUT2D eigenvalue weighted by atomic mass is 9.85. The summed E-state index contributed by atoms with van der Waals surface area (Å²) in [5, 5.41) is 13.1. The Morgan fingerprint density at radius 1 is 1.25 bits per heavy atom. The van der Waals surface area contributed by atoms with Crippen molar-refractivity contribution in [2.24, 2.45) is 5.92 Å². The summed E-state index contributed by atoms with van der Waals surface area (Å²) >= 11 is 0. The first kappa shape index (κ1) is 18.3. The topological polar surface area (TPSA) is 78.4 Å². The number of hydrogen-bond acceptors (Lipinski definition) is 6. The van der Waals surface area contributed by atoms with Gasteiger partial charge in [-0.1, -0.05) is 23.8 Å². The monoisotopic (exact) mass is 400 g/mol. The van der Waals surface area contributed by atoms with Crippen LogP contribution in [0.5, 0.6) is 0 Å². The van der Waals surface area contributed by atoms with E-state index in [0.717, 1.165) is 61.7 Å². The van der Waals surface area contributed by atoms with Crippen molar-refractivity contribution < 1.29 is 9.32 Å². The predicted molar refractivity (Wildman–Crippen MR) is 111 cm³/mol. The zero-order chi connectivity index (χ0) is 19.1. The second kappa shape index (κ2) is 7.26. The van der Waals surface area contributed by atoms with Crippen molar-refractivity contribution in [1.29, 1.82) is 0 Å². The van der Waals surface area contributed by atoms with Crippen molar-refractivity contribution >= 4 is 22.6 Å². The summed E-state index contributed by atoms with van der Waals surface area (Å²) in [4.78, 5) is 12.6. The van der Waals surface area contributed by atoms with Crippen LogP contribution < -0.4 is 10.2 Å². The average molecular weight is 401 g/mol. The molecular formula is C21H28N4O2S. The van der Waals surface area contributed by atoms with E-state index in [1.54, 1.807) is 5.57 Å². The van der Waals surface area contributed by atoms with Crippen molar-refractivity contribution in [3.63, 3.8) is 0 Å². The third-order valence-corrected chi connectivity index (χ3v) is 8.02. The summed E-state index contributed by atoms with van der Waals surface area (Å²) < 4.78 is 12.5. The van der Waals surface area contributed by atoms with Gasteiger partial charge in [-0.25, -0.2) is 4.98 Å². The summed E-state index contributed by atoms with van der Waals surface area (Å²) in [6.07, 6.45) is 14.0. The number of aryl methyl sites for hydroxylation is 1. The van der Waals surface area contributed by atoms with Gasteiger partial charge in [0.15, 0.2) is 0 Å². The first-order valence-corrected chi connectivity index (χ1v) is 11.8. The largest absolute Gasteiger partial charge is 0.394 e. The molecule has 1 aromatic rings. The highest BCUT2D eigenvalue weighted by Gasteiger charge is 2.44. The summed E-state index contributed by atoms with van der Waals surface area (Å²) in [7, 11) is -1.04. The van der Waals surface area contributed by atoms with Crippen LogP contribution in [0.25, 0.3) is 0 Å². The lowest BCUT2D eigenvalue weighted by Gasteiger charge is -2.34. The molecule has 0 bridgehead atoms. The maximum Gasteiger partial charge on any atom is 0.227 e. The van der Waals surface area contributed by atoms with Gasteiger partial charge in [0.05, 0.1) is 28.6 Å². The van der Waals surface area contributed by atoms with Crippen LogP contribution in [0.3, 0.4) is 0 Å². The van der Waals surface area contributed by atoms with Crippen LogP contribution in [0, 0.1) is 5.92 Å². The number of aliphatic hydroxyl groups excluding tert-OH is 1. The van der Waals surface area contributed by atoms with E-state index in [2.05, 4.69) is 28.4 Å². The number of nitrogens with one attached hydrogen (secondary N) is 1. The van der Waals surface area contributed by atoms with Crippen LogP contribution in [0.15, 0.2) is 28.7 Å². The van der Waals surface area contributed by atoms with Crippen molar-refractivity contribution in [3.05, 3.63) is 29.5 Å². The average Bonchev–Trinajstić information content (AvgIpc) is 3.42. The van der Waals surface area contributed by atoms with E-state index in [0.29, 0.717) is 17.5 Å². The van der Waals surface area contributed by atoms with Crippen LogP contribution in [-0.2, 0) is 17.2 Å². The number of aliphatic hydroxyl groups is 1. The Kier molecular flexibility index (Phi) is 4.75. The van der Waals surface area contributed by atoms with Gasteiger partial charge in [-0.2, -0.15) is 4.98 Å². The van der Waals surface area contributed by atoms with Crippen molar-refractivity contribution in [3.8, 4) is 0 Å². The highest BCUT2D eigenvalue weighted by Crippen LogP contribution is 2.41. The fourth-order valence-corrected chi connectivity index (χ4v) is 5.85. The fourth-order valence-electron chi connectivity index (χ4n) is 4.55. The van der Waals surface area contributed by atoms with E-state index in [4.69, 9.17) is 9.97 Å². The molecule has 5 rings (SSSR count). The Bertz CT molecular complexity index is 854. The zero-order valence-electron chi connectivity index (χ0n) is 16.2. The molecule has 2 aliphatic heterocycles. The second-order valence-electron chi connectivity index (χ2n) is 8.48. The molecule has 2 fully saturated rings. The van der Waals surface area contributed by atoms with Crippen molar-refractivity contribution in [2.75, 3.05) is 35.7 Å². The molecule has 28 heavy (non-hydrogen) atoms. The molecule has 0 radical (unpaired) electrons. The van der Waals surface area contributed by atoms with Crippen molar-refractivity contribution in [2.45, 2.75) is 55.4 Å². The molecule has 1 saturated heterocycles. The second-order valence-corrected chi connectivity index (χ2v) is 9.99. The summed E-state index contributed by atoms with van der Waals surface area (Å²) in [5.74, 6) is 2.73.